The van der Waals surface area contributed by atoms with Crippen LogP contribution in [0.3, 0.4) is 0 Å². The lowest BCUT2D eigenvalue weighted by Gasteiger charge is -2.31. The van der Waals surface area contributed by atoms with E-state index in [1.54, 1.807) is 24.2 Å². The van der Waals surface area contributed by atoms with E-state index in [1.165, 1.54) is 15.3 Å². The molecular formula is C24H28N6O5. The summed E-state index contributed by atoms with van der Waals surface area (Å²) in [6, 6.07) is 4.70. The van der Waals surface area contributed by atoms with Gasteiger partial charge in [0.1, 0.15) is 18.2 Å². The Kier molecular flexibility index (Phi) is 5.49. The van der Waals surface area contributed by atoms with Gasteiger partial charge in [0, 0.05) is 37.7 Å². The van der Waals surface area contributed by atoms with Gasteiger partial charge in [0.2, 0.25) is 0 Å². The highest BCUT2D eigenvalue weighted by Gasteiger charge is 2.38. The molecule has 3 aromatic rings. The molecule has 5 heterocycles. The summed E-state index contributed by atoms with van der Waals surface area (Å²) in [5.74, 6) is 0.387. The van der Waals surface area contributed by atoms with Crippen molar-refractivity contribution >= 4 is 29.0 Å². The average molecular weight is 481 g/mol. The minimum Gasteiger partial charge on any atom is -0.488 e. The summed E-state index contributed by atoms with van der Waals surface area (Å²) in [5.41, 5.74) is 0.848. The lowest BCUT2D eigenvalue weighted by atomic mass is 10.1. The number of amides is 1. The van der Waals surface area contributed by atoms with Crippen molar-refractivity contribution in [3.63, 3.8) is 0 Å². The maximum absolute atomic E-state index is 13.3. The predicted octanol–water partition coefficient (Wildman–Crippen LogP) is 1.90. The van der Waals surface area contributed by atoms with Crippen LogP contribution in [0.2, 0.25) is 0 Å². The zero-order valence-corrected chi connectivity index (χ0v) is 20.2. The molecule has 1 saturated heterocycles. The summed E-state index contributed by atoms with van der Waals surface area (Å²) < 4.78 is 14.1. The smallest absolute Gasteiger partial charge is 0.350 e. The minimum atomic E-state index is -0.620. The number of carbonyl (C=O) groups excluding carboxylic acids is 2. The molecule has 1 fully saturated rings. The fraction of sp³-hybridized carbons (Fsp3) is 0.458. The number of esters is 1. The highest BCUT2D eigenvalue weighted by atomic mass is 16.6. The molecule has 11 heteroatoms. The van der Waals surface area contributed by atoms with Crippen molar-refractivity contribution in [1.29, 1.82) is 0 Å². The Morgan fingerprint density at radius 1 is 1.20 bits per heavy atom. The first-order valence-electron chi connectivity index (χ1n) is 11.6. The second kappa shape index (κ2) is 8.40. The number of hydrogen-bond donors (Lipinski definition) is 0. The number of nitrogens with zero attached hydrogens (tertiary/aromatic N) is 6. The molecule has 0 unspecified atom stereocenters. The van der Waals surface area contributed by atoms with Gasteiger partial charge in [-0.2, -0.15) is 5.10 Å². The Morgan fingerprint density at radius 3 is 2.77 bits per heavy atom. The molecule has 1 amide bonds. The van der Waals surface area contributed by atoms with E-state index in [4.69, 9.17) is 9.47 Å². The first kappa shape index (κ1) is 22.9. The number of aryl methyl sites for hydroxylation is 1. The van der Waals surface area contributed by atoms with Crippen molar-refractivity contribution in [3.05, 3.63) is 46.6 Å². The number of aromatic nitrogens is 4. The highest BCUT2D eigenvalue weighted by molar-refractivity contribution is 5.97. The van der Waals surface area contributed by atoms with Crippen LogP contribution in [0.25, 0.3) is 5.65 Å². The Labute approximate surface area is 201 Å². The monoisotopic (exact) mass is 480 g/mol. The summed E-state index contributed by atoms with van der Waals surface area (Å²) in [5, 5.41) is 4.25. The molecule has 0 saturated carbocycles. The van der Waals surface area contributed by atoms with Crippen LogP contribution in [0, 0.1) is 0 Å². The van der Waals surface area contributed by atoms with Crippen molar-refractivity contribution in [3.8, 4) is 5.75 Å². The third kappa shape index (κ3) is 4.22. The largest absolute Gasteiger partial charge is 0.488 e. The molecule has 1 atom stereocenters. The number of ether oxygens (including phenoxy) is 2. The summed E-state index contributed by atoms with van der Waals surface area (Å²) in [7, 11) is 1.60. The number of anilines is 2. The number of fused-ring (bicyclic) bond motifs is 2. The Balaban J connectivity index is 1.41. The van der Waals surface area contributed by atoms with Crippen molar-refractivity contribution in [1.82, 2.24) is 24.1 Å². The number of carbonyl (C=O) groups is 2. The second-order valence-electron chi connectivity index (χ2n) is 9.76. The third-order valence-electron chi connectivity index (χ3n) is 6.07. The van der Waals surface area contributed by atoms with Gasteiger partial charge >= 0.3 is 11.7 Å². The Bertz CT molecular complexity index is 1370. The molecule has 0 aliphatic carbocycles. The molecule has 0 N–H and O–H groups in total. The molecule has 3 aromatic heterocycles. The molecule has 0 radical (unpaired) electrons. The quantitative estimate of drug-likeness (QED) is 0.523. The molecule has 184 valence electrons. The summed E-state index contributed by atoms with van der Waals surface area (Å²) in [6.07, 6.45) is 4.49. The molecule has 2 aliphatic rings. The Morgan fingerprint density at radius 2 is 2.00 bits per heavy atom. The molecule has 2 aliphatic heterocycles. The lowest BCUT2D eigenvalue weighted by Crippen LogP contribution is -2.43. The molecule has 0 spiro atoms. The zero-order chi connectivity index (χ0) is 24.9. The zero-order valence-electron chi connectivity index (χ0n) is 20.2. The van der Waals surface area contributed by atoms with Crippen molar-refractivity contribution in [2.75, 3.05) is 24.6 Å². The standard InChI is InChI=1S/C24H28N6O5/c1-24(2,3)35-22(32)17-6-5-8-29(17)21(31)15-12-18-20(25-14-15)28(10-11-34-18)16-7-9-30-19(13-16)26-27(4)23(30)33/h7,9,12-14,17H,5-6,8,10-11H2,1-4H3/t17-/m0/s1. The van der Waals surface area contributed by atoms with Crippen LogP contribution in [0.1, 0.15) is 44.0 Å². The van der Waals surface area contributed by atoms with Gasteiger partial charge in [-0.1, -0.05) is 0 Å². The number of likely N-dealkylation sites (tertiary alicyclic amines) is 1. The molecule has 5 rings (SSSR count). The first-order chi connectivity index (χ1) is 16.6. The van der Waals surface area contributed by atoms with Crippen LogP contribution in [-0.4, -0.2) is 67.3 Å². The third-order valence-corrected chi connectivity index (χ3v) is 6.07. The number of rotatable bonds is 3. The van der Waals surface area contributed by atoms with E-state index < -0.39 is 11.6 Å². The predicted molar refractivity (Wildman–Crippen MR) is 127 cm³/mol. The van der Waals surface area contributed by atoms with Crippen LogP contribution in [0.5, 0.6) is 5.75 Å². The minimum absolute atomic E-state index is 0.221. The van der Waals surface area contributed by atoms with Crippen LogP contribution in [-0.2, 0) is 16.6 Å². The second-order valence-corrected chi connectivity index (χ2v) is 9.76. The molecule has 0 aromatic carbocycles. The maximum Gasteiger partial charge on any atom is 0.350 e. The van der Waals surface area contributed by atoms with E-state index in [1.807, 2.05) is 37.8 Å². The van der Waals surface area contributed by atoms with E-state index in [0.29, 0.717) is 48.9 Å². The highest BCUT2D eigenvalue weighted by Crippen LogP contribution is 2.36. The van der Waals surface area contributed by atoms with E-state index in [9.17, 15) is 14.4 Å². The summed E-state index contributed by atoms with van der Waals surface area (Å²) >= 11 is 0. The fourth-order valence-electron chi connectivity index (χ4n) is 4.49. The SMILES string of the molecule is Cn1nc2cc(N3CCOc4cc(C(=O)N5CCC[C@H]5C(=O)OC(C)(C)C)cnc43)ccn2c1=O. The van der Waals surface area contributed by atoms with Crippen molar-refractivity contribution in [2.45, 2.75) is 45.3 Å². The average Bonchev–Trinajstić information content (AvgIpc) is 3.41. The van der Waals surface area contributed by atoms with Crippen LogP contribution in [0.4, 0.5) is 11.5 Å². The van der Waals surface area contributed by atoms with E-state index in [-0.39, 0.29) is 17.6 Å². The van der Waals surface area contributed by atoms with Crippen LogP contribution >= 0.6 is 0 Å². The van der Waals surface area contributed by atoms with Crippen LogP contribution in [0.15, 0.2) is 35.4 Å². The van der Waals surface area contributed by atoms with Crippen molar-refractivity contribution in [2.24, 2.45) is 7.05 Å². The summed E-state index contributed by atoms with van der Waals surface area (Å²) in [4.78, 5) is 46.2. The molecule has 11 nitrogen and oxygen atoms in total. The van der Waals surface area contributed by atoms with E-state index in [0.717, 1.165) is 12.1 Å². The van der Waals surface area contributed by atoms with Gasteiger partial charge in [-0.3, -0.25) is 9.20 Å². The lowest BCUT2D eigenvalue weighted by molar-refractivity contribution is -0.159. The van der Waals surface area contributed by atoms with Crippen LogP contribution < -0.4 is 15.3 Å². The Hall–Kier alpha value is -3.89. The van der Waals surface area contributed by atoms with Crippen molar-refractivity contribution < 1.29 is 19.1 Å². The molecule has 0 bridgehead atoms. The molecular weight excluding hydrogens is 452 g/mol. The van der Waals surface area contributed by atoms with E-state index >= 15 is 0 Å². The van der Waals surface area contributed by atoms with Gasteiger partial charge in [0.15, 0.2) is 17.2 Å². The fourth-order valence-corrected chi connectivity index (χ4v) is 4.49. The van der Waals surface area contributed by atoms with Gasteiger partial charge < -0.3 is 19.3 Å². The van der Waals surface area contributed by atoms with Gasteiger partial charge in [-0.25, -0.2) is 19.3 Å². The van der Waals surface area contributed by atoms with Gasteiger partial charge in [-0.05, 0) is 45.7 Å². The van der Waals surface area contributed by atoms with E-state index in [2.05, 4.69) is 10.1 Å². The van der Waals surface area contributed by atoms with Gasteiger partial charge in [0.05, 0.1) is 12.1 Å². The first-order valence-corrected chi connectivity index (χ1v) is 11.6. The summed E-state index contributed by atoms with van der Waals surface area (Å²) in [6.45, 7) is 6.87. The topological polar surface area (TPSA) is 111 Å². The normalized spacial score (nSPS) is 17.9. The van der Waals surface area contributed by atoms with Gasteiger partial charge in [-0.15, -0.1) is 0 Å². The maximum atomic E-state index is 13.3. The van der Waals surface area contributed by atoms with Gasteiger partial charge in [0.25, 0.3) is 5.91 Å². The molecule has 35 heavy (non-hydrogen) atoms. The number of pyridine rings is 2. The number of hydrogen-bond acceptors (Lipinski definition) is 8.